The molecule has 8 heteroatoms. The van der Waals surface area contributed by atoms with E-state index < -0.39 is 5.97 Å². The highest BCUT2D eigenvalue weighted by Gasteiger charge is 2.18. The SMILES string of the molecule is CCOC(=O)c1cnc(-n2nc(C)cc2C)nc1NCc1ccco1. The Labute approximate surface area is 144 Å². The van der Waals surface area contributed by atoms with Crippen LogP contribution in [-0.2, 0) is 11.3 Å². The van der Waals surface area contributed by atoms with Gasteiger partial charge in [-0.3, -0.25) is 0 Å². The molecule has 1 N–H and O–H groups in total. The highest BCUT2D eigenvalue weighted by Crippen LogP contribution is 2.17. The molecule has 0 aromatic carbocycles. The first-order valence-electron chi connectivity index (χ1n) is 7.92. The van der Waals surface area contributed by atoms with Gasteiger partial charge in [0.25, 0.3) is 5.95 Å². The van der Waals surface area contributed by atoms with Crippen LogP contribution in [0.25, 0.3) is 5.95 Å². The molecular weight excluding hydrogens is 322 g/mol. The van der Waals surface area contributed by atoms with Crippen molar-refractivity contribution in [1.82, 2.24) is 19.7 Å². The van der Waals surface area contributed by atoms with E-state index in [1.54, 1.807) is 23.9 Å². The summed E-state index contributed by atoms with van der Waals surface area (Å²) in [5.74, 6) is 0.985. The number of nitrogens with one attached hydrogen (secondary N) is 1. The van der Waals surface area contributed by atoms with Gasteiger partial charge in [0.1, 0.15) is 17.1 Å². The smallest absolute Gasteiger partial charge is 0.343 e. The first kappa shape index (κ1) is 16.7. The fraction of sp³-hybridized carbons (Fsp3) is 0.294. The van der Waals surface area contributed by atoms with E-state index in [2.05, 4.69) is 20.4 Å². The molecule has 3 aromatic rings. The number of aryl methyl sites for hydroxylation is 2. The zero-order chi connectivity index (χ0) is 17.8. The number of hydrogen-bond acceptors (Lipinski definition) is 7. The van der Waals surface area contributed by atoms with E-state index in [0.717, 1.165) is 17.1 Å². The van der Waals surface area contributed by atoms with Gasteiger partial charge in [0.05, 0.1) is 25.1 Å². The van der Waals surface area contributed by atoms with Crippen molar-refractivity contribution in [3.63, 3.8) is 0 Å². The van der Waals surface area contributed by atoms with Crippen molar-refractivity contribution in [2.75, 3.05) is 11.9 Å². The Morgan fingerprint density at radius 2 is 2.24 bits per heavy atom. The summed E-state index contributed by atoms with van der Waals surface area (Å²) in [6.07, 6.45) is 3.03. The average Bonchev–Trinajstić information content (AvgIpc) is 3.22. The number of ether oxygens (including phenoxy) is 1. The summed E-state index contributed by atoms with van der Waals surface area (Å²) in [6, 6.07) is 5.56. The molecule has 0 fully saturated rings. The van der Waals surface area contributed by atoms with Crippen molar-refractivity contribution in [2.24, 2.45) is 0 Å². The standard InChI is InChI=1S/C17H19N5O3/c1-4-24-16(23)14-10-19-17(22-12(3)8-11(2)21-22)20-15(14)18-9-13-6-5-7-25-13/h5-8,10H,4,9H2,1-3H3,(H,18,19,20). The third-order valence-electron chi connectivity index (χ3n) is 3.48. The molecule has 0 saturated heterocycles. The number of anilines is 1. The Morgan fingerprint density at radius 3 is 2.88 bits per heavy atom. The maximum Gasteiger partial charge on any atom is 0.343 e. The lowest BCUT2D eigenvalue weighted by Gasteiger charge is -2.11. The number of hydrogen-bond donors (Lipinski definition) is 1. The summed E-state index contributed by atoms with van der Waals surface area (Å²) in [4.78, 5) is 20.9. The topological polar surface area (TPSA) is 95.1 Å². The second-order valence-corrected chi connectivity index (χ2v) is 5.42. The highest BCUT2D eigenvalue weighted by molar-refractivity contribution is 5.94. The molecular formula is C17H19N5O3. The predicted octanol–water partition coefficient (Wildman–Crippen LogP) is 2.66. The molecule has 3 rings (SSSR count). The van der Waals surface area contributed by atoms with Crippen molar-refractivity contribution >= 4 is 11.8 Å². The van der Waals surface area contributed by atoms with Crippen LogP contribution in [-0.4, -0.2) is 32.3 Å². The van der Waals surface area contributed by atoms with Gasteiger partial charge in [0.15, 0.2) is 0 Å². The Hall–Kier alpha value is -3.16. The lowest BCUT2D eigenvalue weighted by molar-refractivity contribution is 0.0526. The van der Waals surface area contributed by atoms with Crippen LogP contribution in [0.2, 0.25) is 0 Å². The van der Waals surface area contributed by atoms with Gasteiger partial charge in [0, 0.05) is 11.9 Å². The first-order valence-corrected chi connectivity index (χ1v) is 7.92. The normalized spacial score (nSPS) is 10.7. The van der Waals surface area contributed by atoms with Gasteiger partial charge < -0.3 is 14.5 Å². The third kappa shape index (κ3) is 3.68. The van der Waals surface area contributed by atoms with Crippen LogP contribution < -0.4 is 5.32 Å². The minimum atomic E-state index is -0.482. The van der Waals surface area contributed by atoms with Gasteiger partial charge in [0.2, 0.25) is 0 Å². The van der Waals surface area contributed by atoms with Crippen LogP contribution >= 0.6 is 0 Å². The van der Waals surface area contributed by atoms with Gasteiger partial charge in [-0.1, -0.05) is 0 Å². The van der Waals surface area contributed by atoms with E-state index >= 15 is 0 Å². The molecule has 0 amide bonds. The average molecular weight is 341 g/mol. The monoisotopic (exact) mass is 341 g/mol. The van der Waals surface area contributed by atoms with Crippen molar-refractivity contribution in [2.45, 2.75) is 27.3 Å². The van der Waals surface area contributed by atoms with Gasteiger partial charge in [-0.25, -0.2) is 14.5 Å². The van der Waals surface area contributed by atoms with Crippen LogP contribution in [0.5, 0.6) is 0 Å². The summed E-state index contributed by atoms with van der Waals surface area (Å²) in [7, 11) is 0. The minimum Gasteiger partial charge on any atom is -0.467 e. The molecule has 0 atom stereocenters. The first-order chi connectivity index (χ1) is 12.1. The molecule has 0 aliphatic rings. The van der Waals surface area contributed by atoms with E-state index in [9.17, 15) is 4.79 Å². The van der Waals surface area contributed by atoms with Crippen LogP contribution in [0.4, 0.5) is 5.82 Å². The fourth-order valence-electron chi connectivity index (χ4n) is 2.38. The summed E-state index contributed by atoms with van der Waals surface area (Å²) in [5, 5.41) is 7.48. The molecule has 0 radical (unpaired) electrons. The van der Waals surface area contributed by atoms with E-state index in [-0.39, 0.29) is 12.2 Å². The highest BCUT2D eigenvalue weighted by atomic mass is 16.5. The van der Waals surface area contributed by atoms with Crippen molar-refractivity contribution < 1.29 is 13.9 Å². The largest absolute Gasteiger partial charge is 0.467 e. The molecule has 0 unspecified atom stereocenters. The van der Waals surface area contributed by atoms with Crippen LogP contribution in [0.1, 0.15) is 34.4 Å². The van der Waals surface area contributed by atoms with E-state index in [0.29, 0.717) is 18.3 Å². The molecule has 0 aliphatic carbocycles. The fourth-order valence-corrected chi connectivity index (χ4v) is 2.38. The lowest BCUT2D eigenvalue weighted by atomic mass is 10.3. The zero-order valence-corrected chi connectivity index (χ0v) is 14.3. The molecule has 0 saturated carbocycles. The summed E-state index contributed by atoms with van der Waals surface area (Å²) in [5.41, 5.74) is 2.03. The minimum absolute atomic E-state index is 0.263. The number of rotatable bonds is 6. The van der Waals surface area contributed by atoms with Crippen LogP contribution in [0.15, 0.2) is 35.1 Å². The third-order valence-corrected chi connectivity index (χ3v) is 3.48. The van der Waals surface area contributed by atoms with Crippen molar-refractivity contribution in [1.29, 1.82) is 0 Å². The van der Waals surface area contributed by atoms with Crippen LogP contribution in [0, 0.1) is 13.8 Å². The second kappa shape index (κ2) is 7.16. The van der Waals surface area contributed by atoms with Gasteiger partial charge >= 0.3 is 5.97 Å². The predicted molar refractivity (Wildman–Crippen MR) is 90.6 cm³/mol. The summed E-state index contributed by atoms with van der Waals surface area (Å²) < 4.78 is 12.0. The molecule has 3 aromatic heterocycles. The number of carbonyl (C=O) groups excluding carboxylic acids is 1. The Balaban J connectivity index is 1.95. The van der Waals surface area contributed by atoms with Gasteiger partial charge in [-0.15, -0.1) is 0 Å². The van der Waals surface area contributed by atoms with Gasteiger partial charge in [-0.2, -0.15) is 10.1 Å². The number of aromatic nitrogens is 4. The molecule has 0 aliphatic heterocycles. The Bertz CT molecular complexity index is 871. The summed E-state index contributed by atoms with van der Waals surface area (Å²) in [6.45, 7) is 6.21. The summed E-state index contributed by atoms with van der Waals surface area (Å²) >= 11 is 0. The number of esters is 1. The molecule has 25 heavy (non-hydrogen) atoms. The quantitative estimate of drug-likeness (QED) is 0.689. The molecule has 130 valence electrons. The molecule has 0 spiro atoms. The molecule has 0 bridgehead atoms. The van der Waals surface area contributed by atoms with E-state index in [1.165, 1.54) is 6.20 Å². The van der Waals surface area contributed by atoms with E-state index in [1.807, 2.05) is 26.0 Å². The number of nitrogens with zero attached hydrogens (tertiary/aromatic N) is 4. The number of furan rings is 1. The molecule has 3 heterocycles. The molecule has 8 nitrogen and oxygen atoms in total. The number of carbonyl (C=O) groups is 1. The Morgan fingerprint density at radius 1 is 1.40 bits per heavy atom. The van der Waals surface area contributed by atoms with E-state index in [4.69, 9.17) is 9.15 Å². The van der Waals surface area contributed by atoms with Crippen molar-refractivity contribution in [3.8, 4) is 5.95 Å². The zero-order valence-electron chi connectivity index (χ0n) is 14.3. The van der Waals surface area contributed by atoms with Gasteiger partial charge in [-0.05, 0) is 39.0 Å². The second-order valence-electron chi connectivity index (χ2n) is 5.42. The lowest BCUT2D eigenvalue weighted by Crippen LogP contribution is -2.15. The van der Waals surface area contributed by atoms with Crippen LogP contribution in [0.3, 0.4) is 0 Å². The maximum atomic E-state index is 12.2. The van der Waals surface area contributed by atoms with Crippen molar-refractivity contribution in [3.05, 3.63) is 53.4 Å². The maximum absolute atomic E-state index is 12.2. The Kier molecular flexibility index (Phi) is 4.78.